The lowest BCUT2D eigenvalue weighted by Crippen LogP contribution is -2.46. The summed E-state index contributed by atoms with van der Waals surface area (Å²) in [7, 11) is 1.54. The van der Waals surface area contributed by atoms with Gasteiger partial charge in [0.2, 0.25) is 0 Å². The number of nitrogens with zero attached hydrogens (tertiary/aromatic N) is 4. The van der Waals surface area contributed by atoms with Gasteiger partial charge in [0, 0.05) is 43.3 Å². The summed E-state index contributed by atoms with van der Waals surface area (Å²) in [5, 5.41) is 3.44. The fourth-order valence-electron chi connectivity index (χ4n) is 3.05. The number of hydrogen-bond acceptors (Lipinski definition) is 6. The minimum atomic E-state index is -0.314. The number of nitrogens with one attached hydrogen (secondary N) is 1. The van der Waals surface area contributed by atoms with Crippen molar-refractivity contribution in [3.8, 4) is 5.75 Å². The van der Waals surface area contributed by atoms with Crippen molar-refractivity contribution in [3.05, 3.63) is 40.8 Å². The first-order valence-corrected chi connectivity index (χ1v) is 9.34. The molecule has 2 heterocycles. The smallest absolute Gasteiger partial charge is 0.274 e. The van der Waals surface area contributed by atoms with Crippen molar-refractivity contribution >= 4 is 29.0 Å². The minimum Gasteiger partial charge on any atom is -0.495 e. The summed E-state index contributed by atoms with van der Waals surface area (Å²) in [6.45, 7) is 8.83. The number of methoxy groups -OCH3 is 1. The molecule has 1 amide bonds. The van der Waals surface area contributed by atoms with Crippen molar-refractivity contribution < 1.29 is 9.53 Å². The topological polar surface area (TPSA) is 70.6 Å². The van der Waals surface area contributed by atoms with Crippen LogP contribution in [-0.2, 0) is 0 Å². The molecule has 1 aromatic heterocycles. The maximum Gasteiger partial charge on any atom is 0.274 e. The van der Waals surface area contributed by atoms with Gasteiger partial charge in [-0.1, -0.05) is 18.5 Å². The van der Waals surface area contributed by atoms with Crippen molar-refractivity contribution in [3.63, 3.8) is 0 Å². The molecular weight excluding hydrogens is 366 g/mol. The molecule has 0 bridgehead atoms. The summed E-state index contributed by atoms with van der Waals surface area (Å²) in [5.74, 6) is 0.958. The Bertz CT molecular complexity index is 822. The van der Waals surface area contributed by atoms with E-state index in [1.54, 1.807) is 18.2 Å². The molecule has 1 aromatic carbocycles. The zero-order valence-corrected chi connectivity index (χ0v) is 16.6. The van der Waals surface area contributed by atoms with Gasteiger partial charge in [-0.2, -0.15) is 0 Å². The Morgan fingerprint density at radius 1 is 1.22 bits per heavy atom. The molecule has 8 heteroatoms. The molecule has 27 heavy (non-hydrogen) atoms. The Hall–Kier alpha value is -2.38. The van der Waals surface area contributed by atoms with Crippen molar-refractivity contribution in [2.45, 2.75) is 13.8 Å². The number of piperazine rings is 1. The first kappa shape index (κ1) is 19.4. The van der Waals surface area contributed by atoms with Gasteiger partial charge in [-0.25, -0.2) is 9.97 Å². The SMILES string of the molecule is CCN1CCN(c2cc(C(=O)Nc3cc(C)c(Cl)cc3OC)ncn2)CC1. The third-order valence-corrected chi connectivity index (χ3v) is 5.16. The molecule has 0 radical (unpaired) electrons. The average molecular weight is 390 g/mol. The van der Waals surface area contributed by atoms with Gasteiger partial charge in [-0.05, 0) is 25.1 Å². The monoisotopic (exact) mass is 389 g/mol. The lowest BCUT2D eigenvalue weighted by Gasteiger charge is -2.34. The fraction of sp³-hybridized carbons (Fsp3) is 0.421. The first-order valence-electron chi connectivity index (χ1n) is 8.96. The molecule has 0 saturated carbocycles. The number of rotatable bonds is 5. The molecule has 0 aliphatic carbocycles. The van der Waals surface area contributed by atoms with Gasteiger partial charge in [-0.15, -0.1) is 0 Å². The molecule has 1 aliphatic heterocycles. The summed E-state index contributed by atoms with van der Waals surface area (Å²) in [6.07, 6.45) is 1.43. The van der Waals surface area contributed by atoms with Crippen LogP contribution in [0.2, 0.25) is 5.02 Å². The van der Waals surface area contributed by atoms with E-state index in [0.717, 1.165) is 44.1 Å². The number of halogens is 1. The highest BCUT2D eigenvalue weighted by molar-refractivity contribution is 6.31. The molecule has 1 aliphatic rings. The van der Waals surface area contributed by atoms with Crippen LogP contribution in [0, 0.1) is 6.92 Å². The van der Waals surface area contributed by atoms with E-state index >= 15 is 0 Å². The maximum atomic E-state index is 12.7. The van der Waals surface area contributed by atoms with E-state index in [1.807, 2.05) is 6.92 Å². The number of carbonyl (C=O) groups excluding carboxylic acids is 1. The molecule has 1 saturated heterocycles. The third-order valence-electron chi connectivity index (χ3n) is 4.76. The van der Waals surface area contributed by atoms with Crippen LogP contribution in [0.25, 0.3) is 0 Å². The maximum absolute atomic E-state index is 12.7. The van der Waals surface area contributed by atoms with Crippen LogP contribution in [0.1, 0.15) is 23.0 Å². The third kappa shape index (κ3) is 4.48. The molecule has 1 fully saturated rings. The van der Waals surface area contributed by atoms with Gasteiger partial charge in [0.25, 0.3) is 5.91 Å². The molecule has 144 valence electrons. The number of amides is 1. The van der Waals surface area contributed by atoms with Crippen LogP contribution >= 0.6 is 11.6 Å². The molecular formula is C19H24ClN5O2. The number of anilines is 2. The van der Waals surface area contributed by atoms with E-state index in [4.69, 9.17) is 16.3 Å². The van der Waals surface area contributed by atoms with Crippen LogP contribution in [0.15, 0.2) is 24.5 Å². The van der Waals surface area contributed by atoms with Crippen LogP contribution < -0.4 is 15.0 Å². The van der Waals surface area contributed by atoms with Crippen molar-refractivity contribution in [1.29, 1.82) is 0 Å². The van der Waals surface area contributed by atoms with Crippen molar-refractivity contribution in [2.75, 3.05) is 50.1 Å². The van der Waals surface area contributed by atoms with E-state index in [1.165, 1.54) is 13.4 Å². The molecule has 3 rings (SSSR count). The minimum absolute atomic E-state index is 0.313. The second-order valence-electron chi connectivity index (χ2n) is 6.44. The molecule has 0 atom stereocenters. The predicted octanol–water partition coefficient (Wildman–Crippen LogP) is 2.84. The summed E-state index contributed by atoms with van der Waals surface area (Å²) in [6, 6.07) is 5.20. The van der Waals surface area contributed by atoms with Gasteiger partial charge < -0.3 is 19.9 Å². The van der Waals surface area contributed by atoms with Crippen LogP contribution in [0.4, 0.5) is 11.5 Å². The zero-order chi connectivity index (χ0) is 19.4. The largest absolute Gasteiger partial charge is 0.495 e. The summed E-state index contributed by atoms with van der Waals surface area (Å²) >= 11 is 6.12. The first-order chi connectivity index (χ1) is 13.0. The summed E-state index contributed by atoms with van der Waals surface area (Å²) in [4.78, 5) is 25.7. The van der Waals surface area contributed by atoms with Gasteiger partial charge in [0.05, 0.1) is 12.8 Å². The molecule has 2 aromatic rings. The molecule has 1 N–H and O–H groups in total. The quantitative estimate of drug-likeness (QED) is 0.847. The van der Waals surface area contributed by atoms with Gasteiger partial charge in [-0.3, -0.25) is 4.79 Å². The standard InChI is InChI=1S/C19H24ClN5O2/c1-4-24-5-7-25(8-6-24)18-11-16(21-12-22-18)19(26)23-15-9-13(2)14(20)10-17(15)27-3/h9-12H,4-8H2,1-3H3,(H,23,26). The van der Waals surface area contributed by atoms with E-state index < -0.39 is 0 Å². The van der Waals surface area contributed by atoms with Crippen LogP contribution in [0.3, 0.4) is 0 Å². The highest BCUT2D eigenvalue weighted by atomic mass is 35.5. The second kappa shape index (κ2) is 8.54. The van der Waals surface area contributed by atoms with E-state index in [9.17, 15) is 4.79 Å². The van der Waals surface area contributed by atoms with Gasteiger partial charge >= 0.3 is 0 Å². The lowest BCUT2D eigenvalue weighted by molar-refractivity contribution is 0.102. The number of carbonyl (C=O) groups is 1. The normalized spacial score (nSPS) is 14.9. The number of benzene rings is 1. The Balaban J connectivity index is 1.76. The average Bonchev–Trinajstić information content (AvgIpc) is 2.70. The Morgan fingerprint density at radius 2 is 1.96 bits per heavy atom. The predicted molar refractivity (Wildman–Crippen MR) is 107 cm³/mol. The summed E-state index contributed by atoms with van der Waals surface area (Å²) < 4.78 is 5.31. The molecule has 0 spiro atoms. The number of likely N-dealkylation sites (N-methyl/N-ethyl adjacent to an activating group) is 1. The number of hydrogen-bond donors (Lipinski definition) is 1. The van der Waals surface area contributed by atoms with E-state index in [-0.39, 0.29) is 5.91 Å². The van der Waals surface area contributed by atoms with Crippen LogP contribution in [-0.4, -0.2) is 60.6 Å². The zero-order valence-electron chi connectivity index (χ0n) is 15.8. The fourth-order valence-corrected chi connectivity index (χ4v) is 3.21. The highest BCUT2D eigenvalue weighted by Crippen LogP contribution is 2.31. The summed E-state index contributed by atoms with van der Waals surface area (Å²) in [5.41, 5.74) is 1.72. The highest BCUT2D eigenvalue weighted by Gasteiger charge is 2.19. The van der Waals surface area contributed by atoms with Gasteiger partial charge in [0.15, 0.2) is 0 Å². The Labute approximate surface area is 164 Å². The Morgan fingerprint density at radius 3 is 2.63 bits per heavy atom. The lowest BCUT2D eigenvalue weighted by atomic mass is 10.2. The number of aryl methyl sites for hydroxylation is 1. The van der Waals surface area contributed by atoms with Crippen molar-refractivity contribution in [1.82, 2.24) is 14.9 Å². The van der Waals surface area contributed by atoms with Crippen molar-refractivity contribution in [2.24, 2.45) is 0 Å². The molecule has 7 nitrogen and oxygen atoms in total. The van der Waals surface area contributed by atoms with E-state index in [0.29, 0.717) is 22.2 Å². The van der Waals surface area contributed by atoms with E-state index in [2.05, 4.69) is 32.0 Å². The second-order valence-corrected chi connectivity index (χ2v) is 6.85. The number of ether oxygens (including phenoxy) is 1. The molecule has 0 unspecified atom stereocenters. The van der Waals surface area contributed by atoms with Gasteiger partial charge in [0.1, 0.15) is 23.6 Å². The van der Waals surface area contributed by atoms with Crippen LogP contribution in [0.5, 0.6) is 5.75 Å². The number of aromatic nitrogens is 2. The Kier molecular flexibility index (Phi) is 6.13.